The van der Waals surface area contributed by atoms with Gasteiger partial charge in [-0.1, -0.05) is 41.2 Å². The largest absolute Gasteiger partial charge is 0.507 e. The number of ether oxygens (including phenoxy) is 2. The highest BCUT2D eigenvalue weighted by atomic mass is 32.1. The molecule has 180 valence electrons. The number of nitrogens with zero attached hydrogens (tertiary/aromatic N) is 2. The number of Topliss-reactive ketones (excluding diaryl/α,β-unsaturated/α-hetero) is 1. The van der Waals surface area contributed by atoms with E-state index in [-0.39, 0.29) is 27.9 Å². The van der Waals surface area contributed by atoms with Crippen LogP contribution in [0.4, 0.5) is 5.13 Å². The first kappa shape index (κ1) is 24.2. The van der Waals surface area contributed by atoms with E-state index in [0.717, 1.165) is 16.9 Å². The van der Waals surface area contributed by atoms with Gasteiger partial charge < -0.3 is 14.6 Å². The number of rotatable bonds is 6. The van der Waals surface area contributed by atoms with Crippen molar-refractivity contribution in [2.24, 2.45) is 0 Å². The third-order valence-corrected chi connectivity index (χ3v) is 6.79. The standard InChI is InChI=1S/C26H24N2O6S/c1-5-34-25(32)23-15(3)27-26(35-23)28-20(16-8-6-14(2)7-9-16)19(22(30)24(28)31)21(29)17-10-12-18(33-4)13-11-17/h6-13,20,29H,5H2,1-4H3/b21-19+. The summed E-state index contributed by atoms with van der Waals surface area (Å²) in [4.78, 5) is 44.8. The van der Waals surface area contributed by atoms with Gasteiger partial charge in [0.15, 0.2) is 5.13 Å². The van der Waals surface area contributed by atoms with Gasteiger partial charge in [0.05, 0.1) is 31.0 Å². The second kappa shape index (κ2) is 9.71. The van der Waals surface area contributed by atoms with Crippen molar-refractivity contribution in [3.63, 3.8) is 0 Å². The van der Waals surface area contributed by atoms with Gasteiger partial charge in [0.25, 0.3) is 5.78 Å². The first-order valence-electron chi connectivity index (χ1n) is 10.9. The van der Waals surface area contributed by atoms with Crippen LogP contribution in [0.1, 0.15) is 45.0 Å². The number of anilines is 1. The van der Waals surface area contributed by atoms with Crippen LogP contribution in [0.15, 0.2) is 54.1 Å². The van der Waals surface area contributed by atoms with Crippen molar-refractivity contribution >= 4 is 39.9 Å². The number of aliphatic hydroxyl groups excluding tert-OH is 1. The Labute approximate surface area is 206 Å². The van der Waals surface area contributed by atoms with E-state index in [1.54, 1.807) is 50.2 Å². The molecule has 3 aromatic rings. The Kier molecular flexibility index (Phi) is 6.70. The maximum atomic E-state index is 13.3. The molecule has 9 heteroatoms. The van der Waals surface area contributed by atoms with Gasteiger partial charge in [-0.15, -0.1) is 0 Å². The summed E-state index contributed by atoms with van der Waals surface area (Å²) in [5.74, 6) is -1.94. The average Bonchev–Trinajstić information content (AvgIpc) is 3.36. The predicted octanol–water partition coefficient (Wildman–Crippen LogP) is 4.57. The number of ketones is 1. The Morgan fingerprint density at radius 2 is 1.74 bits per heavy atom. The zero-order valence-electron chi connectivity index (χ0n) is 19.7. The molecule has 1 unspecified atom stereocenters. The Morgan fingerprint density at radius 3 is 2.34 bits per heavy atom. The molecule has 1 N–H and O–H groups in total. The molecule has 0 radical (unpaired) electrons. The van der Waals surface area contributed by atoms with Crippen LogP contribution >= 0.6 is 11.3 Å². The van der Waals surface area contributed by atoms with Crippen molar-refractivity contribution in [3.05, 3.63) is 81.4 Å². The highest BCUT2D eigenvalue weighted by molar-refractivity contribution is 7.17. The predicted molar refractivity (Wildman–Crippen MR) is 132 cm³/mol. The van der Waals surface area contributed by atoms with E-state index in [1.165, 1.54) is 12.0 Å². The quantitative estimate of drug-likeness (QED) is 0.232. The summed E-state index contributed by atoms with van der Waals surface area (Å²) in [6.45, 7) is 5.46. The molecular weight excluding hydrogens is 468 g/mol. The van der Waals surface area contributed by atoms with Gasteiger partial charge in [-0.05, 0) is 50.6 Å². The number of hydrogen-bond acceptors (Lipinski definition) is 8. The first-order chi connectivity index (χ1) is 16.8. The summed E-state index contributed by atoms with van der Waals surface area (Å²) in [5.41, 5.74) is 2.31. The minimum absolute atomic E-state index is 0.0606. The zero-order chi connectivity index (χ0) is 25.3. The normalized spacial score (nSPS) is 17.0. The van der Waals surface area contributed by atoms with Crippen LogP contribution < -0.4 is 9.64 Å². The van der Waals surface area contributed by atoms with Gasteiger partial charge in [0.2, 0.25) is 0 Å². The Balaban J connectivity index is 1.89. The number of benzene rings is 2. The third kappa shape index (κ3) is 4.42. The van der Waals surface area contributed by atoms with Crippen molar-refractivity contribution < 1.29 is 29.0 Å². The fourth-order valence-electron chi connectivity index (χ4n) is 3.87. The van der Waals surface area contributed by atoms with Crippen molar-refractivity contribution in [2.45, 2.75) is 26.8 Å². The summed E-state index contributed by atoms with van der Waals surface area (Å²) in [5, 5.41) is 11.4. The number of esters is 1. The molecule has 2 aromatic carbocycles. The molecule has 1 aliphatic rings. The molecule has 2 heterocycles. The van der Waals surface area contributed by atoms with Crippen LogP contribution in [0.5, 0.6) is 5.75 Å². The van der Waals surface area contributed by atoms with Gasteiger partial charge in [-0.3, -0.25) is 14.5 Å². The molecule has 1 saturated heterocycles. The highest BCUT2D eigenvalue weighted by Gasteiger charge is 2.48. The Bertz CT molecular complexity index is 1320. The molecule has 1 aromatic heterocycles. The van der Waals surface area contributed by atoms with E-state index in [4.69, 9.17) is 9.47 Å². The van der Waals surface area contributed by atoms with Gasteiger partial charge in [-0.2, -0.15) is 0 Å². The maximum absolute atomic E-state index is 13.3. The molecule has 35 heavy (non-hydrogen) atoms. The molecule has 1 amide bonds. The molecule has 0 spiro atoms. The molecule has 0 bridgehead atoms. The van der Waals surface area contributed by atoms with Crippen molar-refractivity contribution in [1.29, 1.82) is 0 Å². The lowest BCUT2D eigenvalue weighted by Gasteiger charge is -2.23. The van der Waals surface area contributed by atoms with Crippen molar-refractivity contribution in [1.82, 2.24) is 4.98 Å². The molecule has 0 saturated carbocycles. The fraction of sp³-hybridized carbons (Fsp3) is 0.231. The van der Waals surface area contributed by atoms with Gasteiger partial charge >= 0.3 is 11.9 Å². The van der Waals surface area contributed by atoms with E-state index in [2.05, 4.69) is 4.98 Å². The Morgan fingerprint density at radius 1 is 1.09 bits per heavy atom. The summed E-state index contributed by atoms with van der Waals surface area (Å²) in [6, 6.07) is 12.9. The third-order valence-electron chi connectivity index (χ3n) is 5.65. The SMILES string of the molecule is CCOC(=O)c1sc(N2C(=O)C(=O)/C(=C(/O)c3ccc(OC)cc3)C2c2ccc(C)cc2)nc1C. The van der Waals surface area contributed by atoms with Crippen LogP contribution in [0.25, 0.3) is 5.76 Å². The Hall–Kier alpha value is -3.98. The average molecular weight is 493 g/mol. The van der Waals surface area contributed by atoms with Gasteiger partial charge in [-0.25, -0.2) is 9.78 Å². The van der Waals surface area contributed by atoms with Crippen molar-refractivity contribution in [2.75, 3.05) is 18.6 Å². The number of thiazole rings is 1. The molecule has 1 aliphatic heterocycles. The molecule has 8 nitrogen and oxygen atoms in total. The van der Waals surface area contributed by atoms with E-state index < -0.39 is 23.7 Å². The van der Waals surface area contributed by atoms with E-state index in [1.807, 2.05) is 19.1 Å². The lowest BCUT2D eigenvalue weighted by atomic mass is 9.95. The van der Waals surface area contributed by atoms with Gasteiger partial charge in [0.1, 0.15) is 16.4 Å². The number of amides is 1. The summed E-state index contributed by atoms with van der Waals surface area (Å²) >= 11 is 0.973. The number of aryl methyl sites for hydroxylation is 2. The molecule has 1 atom stereocenters. The molecule has 4 rings (SSSR count). The topological polar surface area (TPSA) is 106 Å². The van der Waals surface area contributed by atoms with Crippen LogP contribution in [-0.4, -0.2) is 41.5 Å². The van der Waals surface area contributed by atoms with Gasteiger partial charge in [0, 0.05) is 5.56 Å². The fourth-order valence-corrected chi connectivity index (χ4v) is 4.86. The zero-order valence-corrected chi connectivity index (χ0v) is 20.5. The second-order valence-electron chi connectivity index (χ2n) is 7.94. The van der Waals surface area contributed by atoms with Crippen molar-refractivity contribution in [3.8, 4) is 5.75 Å². The van der Waals surface area contributed by atoms with Crippen LogP contribution in [0.2, 0.25) is 0 Å². The minimum Gasteiger partial charge on any atom is -0.507 e. The maximum Gasteiger partial charge on any atom is 0.350 e. The number of aromatic nitrogens is 1. The number of hydrogen-bond donors (Lipinski definition) is 1. The summed E-state index contributed by atoms with van der Waals surface area (Å²) in [7, 11) is 1.53. The first-order valence-corrected chi connectivity index (χ1v) is 11.7. The lowest BCUT2D eigenvalue weighted by molar-refractivity contribution is -0.132. The lowest BCUT2D eigenvalue weighted by Crippen LogP contribution is -2.29. The number of aliphatic hydroxyl groups is 1. The minimum atomic E-state index is -0.932. The summed E-state index contributed by atoms with van der Waals surface area (Å²) in [6.07, 6.45) is 0. The van der Waals surface area contributed by atoms with Crippen LogP contribution in [-0.2, 0) is 14.3 Å². The monoisotopic (exact) mass is 492 g/mol. The van der Waals surface area contributed by atoms with Crippen LogP contribution in [0, 0.1) is 13.8 Å². The number of carbonyl (C=O) groups excluding carboxylic acids is 3. The van der Waals surface area contributed by atoms with Crippen LogP contribution in [0.3, 0.4) is 0 Å². The summed E-state index contributed by atoms with van der Waals surface area (Å²) < 4.78 is 10.3. The highest BCUT2D eigenvalue weighted by Crippen LogP contribution is 2.44. The number of methoxy groups -OCH3 is 1. The van der Waals surface area contributed by atoms with E-state index in [9.17, 15) is 19.5 Å². The molecule has 0 aliphatic carbocycles. The van der Waals surface area contributed by atoms with E-state index in [0.29, 0.717) is 22.6 Å². The molecule has 1 fully saturated rings. The number of carbonyl (C=O) groups is 3. The van der Waals surface area contributed by atoms with E-state index >= 15 is 0 Å². The smallest absolute Gasteiger partial charge is 0.350 e. The molecular formula is C26H24N2O6S. The second-order valence-corrected chi connectivity index (χ2v) is 8.92.